The first kappa shape index (κ1) is 13.2. The molecule has 0 spiro atoms. The van der Waals surface area contributed by atoms with Gasteiger partial charge in [0, 0.05) is 18.5 Å². The Labute approximate surface area is 111 Å². The standard InChI is InChI=1S/C12H15N5O2/c1-13-10(8-6-9(18-2)17-7-16-8)11-12(19-3)15-5-4-14-11/h4-7,10,13H,1-3H3. The first-order valence-corrected chi connectivity index (χ1v) is 5.68. The maximum Gasteiger partial charge on any atom is 0.237 e. The van der Waals surface area contributed by atoms with E-state index in [4.69, 9.17) is 9.47 Å². The molecule has 19 heavy (non-hydrogen) atoms. The largest absolute Gasteiger partial charge is 0.481 e. The van der Waals surface area contributed by atoms with E-state index in [9.17, 15) is 0 Å². The van der Waals surface area contributed by atoms with Crippen LogP contribution in [-0.4, -0.2) is 41.2 Å². The van der Waals surface area contributed by atoms with Gasteiger partial charge in [0.05, 0.1) is 26.0 Å². The highest BCUT2D eigenvalue weighted by molar-refractivity contribution is 5.30. The number of nitrogens with one attached hydrogen (secondary N) is 1. The van der Waals surface area contributed by atoms with Gasteiger partial charge in [-0.1, -0.05) is 0 Å². The van der Waals surface area contributed by atoms with Gasteiger partial charge in [-0.05, 0) is 7.05 Å². The van der Waals surface area contributed by atoms with Gasteiger partial charge in [-0.3, -0.25) is 4.98 Å². The molecule has 0 aromatic carbocycles. The molecule has 0 aliphatic carbocycles. The minimum absolute atomic E-state index is 0.249. The van der Waals surface area contributed by atoms with Crippen LogP contribution < -0.4 is 14.8 Å². The second-order valence-corrected chi connectivity index (χ2v) is 3.66. The van der Waals surface area contributed by atoms with Gasteiger partial charge in [0.15, 0.2) is 0 Å². The number of hydrogen-bond acceptors (Lipinski definition) is 7. The van der Waals surface area contributed by atoms with E-state index in [1.54, 1.807) is 32.7 Å². The van der Waals surface area contributed by atoms with Gasteiger partial charge in [0.1, 0.15) is 12.0 Å². The first-order chi connectivity index (χ1) is 9.30. The fourth-order valence-electron chi connectivity index (χ4n) is 1.74. The maximum atomic E-state index is 5.22. The summed E-state index contributed by atoms with van der Waals surface area (Å²) in [6, 6.07) is 1.50. The normalized spacial score (nSPS) is 11.9. The van der Waals surface area contributed by atoms with Gasteiger partial charge >= 0.3 is 0 Å². The van der Waals surface area contributed by atoms with Crippen molar-refractivity contribution in [2.45, 2.75) is 6.04 Å². The lowest BCUT2D eigenvalue weighted by Crippen LogP contribution is -2.21. The molecule has 0 aliphatic heterocycles. The molecular weight excluding hydrogens is 246 g/mol. The molecule has 0 fully saturated rings. The Balaban J connectivity index is 2.43. The molecule has 2 rings (SSSR count). The van der Waals surface area contributed by atoms with Crippen molar-refractivity contribution in [2.75, 3.05) is 21.3 Å². The van der Waals surface area contributed by atoms with Crippen molar-refractivity contribution >= 4 is 0 Å². The summed E-state index contributed by atoms with van der Waals surface area (Å²) in [5, 5.41) is 3.13. The van der Waals surface area contributed by atoms with Crippen molar-refractivity contribution in [3.05, 3.63) is 36.2 Å². The number of aromatic nitrogens is 4. The Bertz CT molecular complexity index is 549. The van der Waals surface area contributed by atoms with Crippen molar-refractivity contribution in [1.82, 2.24) is 25.3 Å². The Hall–Kier alpha value is -2.28. The molecule has 2 aromatic rings. The van der Waals surface area contributed by atoms with Crippen LogP contribution in [0.4, 0.5) is 0 Å². The van der Waals surface area contributed by atoms with Gasteiger partial charge < -0.3 is 14.8 Å². The summed E-state index contributed by atoms with van der Waals surface area (Å²) < 4.78 is 10.3. The topological polar surface area (TPSA) is 82.0 Å². The molecule has 0 saturated heterocycles. The third kappa shape index (κ3) is 2.76. The monoisotopic (exact) mass is 261 g/mol. The summed E-state index contributed by atoms with van der Waals surface area (Å²) in [7, 11) is 4.93. The van der Waals surface area contributed by atoms with Gasteiger partial charge in [-0.25, -0.2) is 15.0 Å². The van der Waals surface area contributed by atoms with E-state index in [1.807, 2.05) is 7.05 Å². The number of ether oxygens (including phenoxy) is 2. The van der Waals surface area contributed by atoms with Crippen LogP contribution in [0.25, 0.3) is 0 Å². The Morgan fingerprint density at radius 2 is 1.84 bits per heavy atom. The lowest BCUT2D eigenvalue weighted by molar-refractivity contribution is 0.381. The van der Waals surface area contributed by atoms with Crippen LogP contribution in [0, 0.1) is 0 Å². The molecule has 2 aromatic heterocycles. The average Bonchev–Trinajstić information content (AvgIpc) is 2.49. The summed E-state index contributed by atoms with van der Waals surface area (Å²) in [5.74, 6) is 0.951. The summed E-state index contributed by atoms with van der Waals surface area (Å²) in [4.78, 5) is 16.7. The average molecular weight is 261 g/mol. The van der Waals surface area contributed by atoms with Crippen molar-refractivity contribution in [3.8, 4) is 11.8 Å². The number of methoxy groups -OCH3 is 2. The SMILES string of the molecule is CNC(c1cc(OC)ncn1)c1nccnc1OC. The van der Waals surface area contributed by atoms with Crippen LogP contribution in [0.3, 0.4) is 0 Å². The van der Waals surface area contributed by atoms with Gasteiger partial charge in [-0.2, -0.15) is 0 Å². The molecule has 7 nitrogen and oxygen atoms in total. The molecule has 1 atom stereocenters. The summed E-state index contributed by atoms with van der Waals surface area (Å²) in [6.45, 7) is 0. The number of rotatable bonds is 5. The summed E-state index contributed by atoms with van der Waals surface area (Å²) >= 11 is 0. The molecule has 0 amide bonds. The number of hydrogen-bond donors (Lipinski definition) is 1. The maximum absolute atomic E-state index is 5.22. The lowest BCUT2D eigenvalue weighted by Gasteiger charge is -2.16. The minimum atomic E-state index is -0.249. The highest BCUT2D eigenvalue weighted by Crippen LogP contribution is 2.25. The number of nitrogens with zero attached hydrogens (tertiary/aromatic N) is 4. The van der Waals surface area contributed by atoms with Crippen LogP contribution in [0.2, 0.25) is 0 Å². The first-order valence-electron chi connectivity index (χ1n) is 5.68. The quantitative estimate of drug-likeness (QED) is 0.843. The molecule has 7 heteroatoms. The molecule has 100 valence electrons. The molecule has 0 bridgehead atoms. The molecule has 0 saturated carbocycles. The van der Waals surface area contributed by atoms with Crippen molar-refractivity contribution < 1.29 is 9.47 Å². The third-order valence-electron chi connectivity index (χ3n) is 2.61. The van der Waals surface area contributed by atoms with Crippen LogP contribution in [0.15, 0.2) is 24.8 Å². The molecule has 0 radical (unpaired) electrons. The lowest BCUT2D eigenvalue weighted by atomic mass is 10.1. The van der Waals surface area contributed by atoms with E-state index in [2.05, 4.69) is 25.3 Å². The molecule has 2 heterocycles. The van der Waals surface area contributed by atoms with Crippen LogP contribution in [-0.2, 0) is 0 Å². The summed E-state index contributed by atoms with van der Waals surface area (Å²) in [5.41, 5.74) is 1.39. The van der Waals surface area contributed by atoms with Crippen molar-refractivity contribution in [2.24, 2.45) is 0 Å². The second-order valence-electron chi connectivity index (χ2n) is 3.66. The van der Waals surface area contributed by atoms with Gasteiger partial charge in [0.2, 0.25) is 11.8 Å². The van der Waals surface area contributed by atoms with Crippen LogP contribution in [0.1, 0.15) is 17.4 Å². The van der Waals surface area contributed by atoms with Crippen LogP contribution >= 0.6 is 0 Å². The Morgan fingerprint density at radius 3 is 2.53 bits per heavy atom. The minimum Gasteiger partial charge on any atom is -0.481 e. The van der Waals surface area contributed by atoms with E-state index in [0.29, 0.717) is 17.5 Å². The van der Waals surface area contributed by atoms with E-state index in [-0.39, 0.29) is 6.04 Å². The van der Waals surface area contributed by atoms with Gasteiger partial charge in [0.25, 0.3) is 0 Å². The third-order valence-corrected chi connectivity index (χ3v) is 2.61. The van der Waals surface area contributed by atoms with Crippen LogP contribution in [0.5, 0.6) is 11.8 Å². The smallest absolute Gasteiger partial charge is 0.237 e. The highest BCUT2D eigenvalue weighted by atomic mass is 16.5. The Kier molecular flexibility index (Phi) is 4.19. The van der Waals surface area contributed by atoms with E-state index in [1.165, 1.54) is 6.33 Å². The molecule has 1 unspecified atom stereocenters. The van der Waals surface area contributed by atoms with Crippen molar-refractivity contribution in [3.63, 3.8) is 0 Å². The predicted molar refractivity (Wildman–Crippen MR) is 68.1 cm³/mol. The fourth-order valence-corrected chi connectivity index (χ4v) is 1.74. The fraction of sp³-hybridized carbons (Fsp3) is 0.333. The zero-order chi connectivity index (χ0) is 13.7. The molecule has 0 aliphatic rings. The highest BCUT2D eigenvalue weighted by Gasteiger charge is 2.20. The zero-order valence-electron chi connectivity index (χ0n) is 11.0. The van der Waals surface area contributed by atoms with E-state index >= 15 is 0 Å². The van der Waals surface area contributed by atoms with E-state index < -0.39 is 0 Å². The predicted octanol–water partition coefficient (Wildman–Crippen LogP) is 0.593. The van der Waals surface area contributed by atoms with Crippen molar-refractivity contribution in [1.29, 1.82) is 0 Å². The van der Waals surface area contributed by atoms with Gasteiger partial charge in [-0.15, -0.1) is 0 Å². The molecule has 1 N–H and O–H groups in total. The Morgan fingerprint density at radius 1 is 1.05 bits per heavy atom. The second kappa shape index (κ2) is 6.05. The van der Waals surface area contributed by atoms with E-state index in [0.717, 1.165) is 5.69 Å². The molecular formula is C12H15N5O2. The summed E-state index contributed by atoms with van der Waals surface area (Å²) in [6.07, 6.45) is 4.64. The zero-order valence-corrected chi connectivity index (χ0v) is 11.0.